The molecule has 1 aromatic carbocycles. The van der Waals surface area contributed by atoms with Crippen molar-refractivity contribution in [2.45, 2.75) is 20.0 Å². The van der Waals surface area contributed by atoms with Crippen molar-refractivity contribution in [2.75, 3.05) is 0 Å². The predicted octanol–water partition coefficient (Wildman–Crippen LogP) is 2.89. The zero-order chi connectivity index (χ0) is 13.3. The molecule has 5 heteroatoms. The summed E-state index contributed by atoms with van der Waals surface area (Å²) in [4.78, 5) is 9.89. The Morgan fingerprint density at radius 1 is 1.28 bits per heavy atom. The second-order valence-corrected chi connectivity index (χ2v) is 4.20. The van der Waals surface area contributed by atoms with E-state index in [-0.39, 0.29) is 11.6 Å². The van der Waals surface area contributed by atoms with Gasteiger partial charge in [-0.1, -0.05) is 23.8 Å². The molecule has 0 spiro atoms. The van der Waals surface area contributed by atoms with Gasteiger partial charge in [-0.3, -0.25) is 10.1 Å². The van der Waals surface area contributed by atoms with Gasteiger partial charge in [0.05, 0.1) is 6.07 Å². The molecule has 0 aliphatic carbocycles. The Bertz CT molecular complexity index is 588. The van der Waals surface area contributed by atoms with Gasteiger partial charge < -0.3 is 9.52 Å². The summed E-state index contributed by atoms with van der Waals surface area (Å²) in [6.45, 7) is 3.84. The Morgan fingerprint density at radius 3 is 2.56 bits per heavy atom. The van der Waals surface area contributed by atoms with Gasteiger partial charge in [-0.2, -0.15) is 0 Å². The molecule has 18 heavy (non-hydrogen) atoms. The van der Waals surface area contributed by atoms with E-state index in [1.54, 1.807) is 6.07 Å². The third-order valence-corrected chi connectivity index (χ3v) is 2.78. The van der Waals surface area contributed by atoms with Crippen LogP contribution in [0.4, 0.5) is 5.88 Å². The van der Waals surface area contributed by atoms with Gasteiger partial charge in [-0.25, -0.2) is 0 Å². The summed E-state index contributed by atoms with van der Waals surface area (Å²) < 4.78 is 5.00. The summed E-state index contributed by atoms with van der Waals surface area (Å²) in [6, 6.07) is 8.27. The van der Waals surface area contributed by atoms with E-state index in [0.717, 1.165) is 11.1 Å². The molecule has 1 unspecified atom stereocenters. The van der Waals surface area contributed by atoms with Gasteiger partial charge >= 0.3 is 5.88 Å². The number of hydrogen-bond donors (Lipinski definition) is 1. The van der Waals surface area contributed by atoms with Crippen LogP contribution in [0.15, 0.2) is 34.7 Å². The molecule has 1 atom stereocenters. The van der Waals surface area contributed by atoms with Crippen molar-refractivity contribution in [1.82, 2.24) is 0 Å². The molecule has 0 fully saturated rings. The quantitative estimate of drug-likeness (QED) is 0.668. The average molecular weight is 247 g/mol. The molecule has 0 amide bonds. The first-order chi connectivity index (χ1) is 8.49. The Balaban J connectivity index is 2.35. The Kier molecular flexibility index (Phi) is 3.16. The number of benzene rings is 1. The van der Waals surface area contributed by atoms with Gasteiger partial charge in [0.15, 0.2) is 0 Å². The van der Waals surface area contributed by atoms with Crippen molar-refractivity contribution in [3.8, 4) is 0 Å². The molecular weight excluding hydrogens is 234 g/mol. The molecule has 0 saturated carbocycles. The van der Waals surface area contributed by atoms with Crippen LogP contribution in [0.2, 0.25) is 0 Å². The summed E-state index contributed by atoms with van der Waals surface area (Å²) in [6.07, 6.45) is -0.987. The van der Waals surface area contributed by atoms with E-state index in [0.29, 0.717) is 5.56 Å². The number of aliphatic hydroxyl groups is 1. The van der Waals surface area contributed by atoms with Crippen molar-refractivity contribution in [2.24, 2.45) is 0 Å². The lowest BCUT2D eigenvalue weighted by atomic mass is 10.00. The lowest BCUT2D eigenvalue weighted by Gasteiger charge is -2.11. The summed E-state index contributed by atoms with van der Waals surface area (Å²) in [5, 5.41) is 20.7. The summed E-state index contributed by atoms with van der Waals surface area (Å²) in [7, 11) is 0. The highest BCUT2D eigenvalue weighted by atomic mass is 16.6. The van der Waals surface area contributed by atoms with Crippen LogP contribution in [0.5, 0.6) is 0 Å². The van der Waals surface area contributed by atoms with E-state index in [9.17, 15) is 15.2 Å². The van der Waals surface area contributed by atoms with Crippen LogP contribution in [0.1, 0.15) is 28.6 Å². The van der Waals surface area contributed by atoms with Crippen LogP contribution in [0.3, 0.4) is 0 Å². The third-order valence-electron chi connectivity index (χ3n) is 2.78. The normalized spacial score (nSPS) is 12.4. The van der Waals surface area contributed by atoms with Gasteiger partial charge in [0, 0.05) is 0 Å². The van der Waals surface area contributed by atoms with Crippen molar-refractivity contribution < 1.29 is 14.4 Å². The van der Waals surface area contributed by atoms with Gasteiger partial charge in [-0.05, 0) is 31.0 Å². The fourth-order valence-corrected chi connectivity index (χ4v) is 1.87. The number of nitrogens with zero attached hydrogens (tertiary/aromatic N) is 1. The van der Waals surface area contributed by atoms with Gasteiger partial charge in [0.1, 0.15) is 16.8 Å². The topological polar surface area (TPSA) is 76.5 Å². The summed E-state index contributed by atoms with van der Waals surface area (Å²) >= 11 is 0. The molecule has 0 bridgehead atoms. The minimum atomic E-state index is -0.987. The number of rotatable bonds is 3. The highest BCUT2D eigenvalue weighted by Crippen LogP contribution is 2.28. The molecular formula is C13H13NO4. The molecule has 1 heterocycles. The molecule has 0 radical (unpaired) electrons. The van der Waals surface area contributed by atoms with Crippen LogP contribution in [-0.4, -0.2) is 10.0 Å². The minimum Gasteiger partial charge on any atom is -0.403 e. The number of furan rings is 1. The molecule has 5 nitrogen and oxygen atoms in total. The van der Waals surface area contributed by atoms with Crippen LogP contribution < -0.4 is 0 Å². The molecule has 0 aliphatic rings. The maximum Gasteiger partial charge on any atom is 0.433 e. The lowest BCUT2D eigenvalue weighted by molar-refractivity contribution is -0.402. The molecule has 0 aliphatic heterocycles. The van der Waals surface area contributed by atoms with E-state index < -0.39 is 11.0 Å². The Labute approximate surface area is 104 Å². The first kappa shape index (κ1) is 12.3. The standard InChI is InChI=1S/C13H13NO4/c1-8-3-4-10(9(2)7-8)13(15)11-5-6-12(18-11)14(16)17/h3-7,13,15H,1-2H3. The maximum absolute atomic E-state index is 10.5. The third kappa shape index (κ3) is 2.26. The number of nitro groups is 1. The van der Waals surface area contributed by atoms with Crippen molar-refractivity contribution in [3.63, 3.8) is 0 Å². The summed E-state index contributed by atoms with van der Waals surface area (Å²) in [5.74, 6) is -0.192. The average Bonchev–Trinajstić information content (AvgIpc) is 2.77. The number of aryl methyl sites for hydroxylation is 2. The molecule has 94 valence electrons. The molecule has 1 N–H and O–H groups in total. The second kappa shape index (κ2) is 4.62. The highest BCUT2D eigenvalue weighted by Gasteiger charge is 2.20. The molecule has 2 rings (SSSR count). The van der Waals surface area contributed by atoms with Crippen LogP contribution in [0.25, 0.3) is 0 Å². The van der Waals surface area contributed by atoms with Gasteiger partial charge in [0.2, 0.25) is 0 Å². The Hall–Kier alpha value is -2.14. The van der Waals surface area contributed by atoms with Gasteiger partial charge in [-0.15, -0.1) is 0 Å². The fourth-order valence-electron chi connectivity index (χ4n) is 1.87. The fraction of sp³-hybridized carbons (Fsp3) is 0.231. The first-order valence-electron chi connectivity index (χ1n) is 5.48. The van der Waals surface area contributed by atoms with Crippen LogP contribution in [0, 0.1) is 24.0 Å². The molecule has 1 aromatic heterocycles. The smallest absolute Gasteiger partial charge is 0.403 e. The van der Waals surface area contributed by atoms with E-state index in [4.69, 9.17) is 4.42 Å². The van der Waals surface area contributed by atoms with Crippen molar-refractivity contribution >= 4 is 5.88 Å². The lowest BCUT2D eigenvalue weighted by Crippen LogP contribution is -2.01. The van der Waals surface area contributed by atoms with E-state index in [1.165, 1.54) is 12.1 Å². The first-order valence-corrected chi connectivity index (χ1v) is 5.48. The second-order valence-electron chi connectivity index (χ2n) is 4.20. The van der Waals surface area contributed by atoms with E-state index >= 15 is 0 Å². The molecule has 0 saturated heterocycles. The zero-order valence-electron chi connectivity index (χ0n) is 10.1. The summed E-state index contributed by atoms with van der Waals surface area (Å²) in [5.41, 5.74) is 2.69. The van der Waals surface area contributed by atoms with E-state index in [2.05, 4.69) is 0 Å². The Morgan fingerprint density at radius 2 is 2.00 bits per heavy atom. The van der Waals surface area contributed by atoms with Gasteiger partial charge in [0.25, 0.3) is 0 Å². The highest BCUT2D eigenvalue weighted by molar-refractivity contribution is 5.36. The largest absolute Gasteiger partial charge is 0.433 e. The van der Waals surface area contributed by atoms with Crippen molar-refractivity contribution in [1.29, 1.82) is 0 Å². The monoisotopic (exact) mass is 247 g/mol. The zero-order valence-corrected chi connectivity index (χ0v) is 10.1. The minimum absolute atomic E-state index is 0.175. The van der Waals surface area contributed by atoms with Crippen LogP contribution in [-0.2, 0) is 0 Å². The maximum atomic E-state index is 10.5. The van der Waals surface area contributed by atoms with Crippen LogP contribution >= 0.6 is 0 Å². The number of aliphatic hydroxyl groups excluding tert-OH is 1. The van der Waals surface area contributed by atoms with E-state index in [1.807, 2.05) is 26.0 Å². The SMILES string of the molecule is Cc1ccc(C(O)c2ccc([N+](=O)[O-])o2)c(C)c1. The van der Waals surface area contributed by atoms with Crippen molar-refractivity contribution in [3.05, 3.63) is 62.9 Å². The predicted molar refractivity (Wildman–Crippen MR) is 65.3 cm³/mol. The molecule has 2 aromatic rings. The number of hydrogen-bond acceptors (Lipinski definition) is 4.